The molecule has 0 bridgehead atoms. The molecule has 0 saturated carbocycles. The van der Waals surface area contributed by atoms with E-state index in [-0.39, 0.29) is 11.8 Å². The van der Waals surface area contributed by atoms with Crippen LogP contribution >= 0.6 is 11.6 Å². The van der Waals surface area contributed by atoms with Gasteiger partial charge in [0.2, 0.25) is 0 Å². The van der Waals surface area contributed by atoms with E-state index in [1.165, 1.54) is 13.1 Å². The molecule has 1 amide bonds. The maximum Gasteiger partial charge on any atom is 0.344 e. The van der Waals surface area contributed by atoms with Crippen molar-refractivity contribution in [2.24, 2.45) is 0 Å². The third-order valence-electron chi connectivity index (χ3n) is 3.63. The highest BCUT2D eigenvalue weighted by molar-refractivity contribution is 6.32. The summed E-state index contributed by atoms with van der Waals surface area (Å²) in [6, 6.07) is 7.19. The lowest BCUT2D eigenvalue weighted by Gasteiger charge is -2.16. The number of carbonyl (C=O) groups is 2. The van der Waals surface area contributed by atoms with Crippen LogP contribution < -0.4 is 10.1 Å². The summed E-state index contributed by atoms with van der Waals surface area (Å²) in [5.41, 5.74) is 3.35. The number of amides is 1. The average molecular weight is 377 g/mol. The van der Waals surface area contributed by atoms with Gasteiger partial charge in [-0.25, -0.2) is 9.78 Å². The van der Waals surface area contributed by atoms with Crippen LogP contribution in [0.4, 0.5) is 5.69 Å². The van der Waals surface area contributed by atoms with Gasteiger partial charge in [0.15, 0.2) is 17.9 Å². The van der Waals surface area contributed by atoms with Gasteiger partial charge in [0.25, 0.3) is 5.91 Å². The fraction of sp³-hybridized carbons (Fsp3) is 0.316. The van der Waals surface area contributed by atoms with Gasteiger partial charge < -0.3 is 14.8 Å². The second-order valence-corrected chi connectivity index (χ2v) is 6.34. The molecule has 0 fully saturated rings. The molecular weight excluding hydrogens is 356 g/mol. The summed E-state index contributed by atoms with van der Waals surface area (Å²) in [6.45, 7) is 7.01. The van der Waals surface area contributed by atoms with Gasteiger partial charge in [0.1, 0.15) is 5.75 Å². The third-order valence-corrected chi connectivity index (χ3v) is 3.93. The molecule has 0 unspecified atom stereocenters. The van der Waals surface area contributed by atoms with E-state index in [0.29, 0.717) is 11.4 Å². The van der Waals surface area contributed by atoms with E-state index in [9.17, 15) is 9.59 Å². The Morgan fingerprint density at radius 1 is 1.23 bits per heavy atom. The molecule has 0 aliphatic rings. The summed E-state index contributed by atoms with van der Waals surface area (Å²) >= 11 is 5.88. The largest absolute Gasteiger partial charge is 0.481 e. The minimum Gasteiger partial charge on any atom is -0.481 e. The Balaban J connectivity index is 1.89. The van der Waals surface area contributed by atoms with Crippen molar-refractivity contribution < 1.29 is 19.1 Å². The number of aromatic nitrogens is 1. The minimum absolute atomic E-state index is 0.160. The maximum atomic E-state index is 12.1. The number of anilines is 1. The number of nitrogens with one attached hydrogen (secondary N) is 1. The number of hydrogen-bond acceptors (Lipinski definition) is 5. The summed E-state index contributed by atoms with van der Waals surface area (Å²) in [5.74, 6) is -0.493. The fourth-order valence-electron chi connectivity index (χ4n) is 2.52. The van der Waals surface area contributed by atoms with Gasteiger partial charge in [-0.1, -0.05) is 29.3 Å². The summed E-state index contributed by atoms with van der Waals surface area (Å²) < 4.78 is 10.7. The van der Waals surface area contributed by atoms with E-state index in [1.807, 2.05) is 32.9 Å². The highest BCUT2D eigenvalue weighted by Crippen LogP contribution is 2.24. The molecule has 1 aromatic carbocycles. The van der Waals surface area contributed by atoms with Gasteiger partial charge in [0.05, 0.1) is 5.69 Å². The predicted octanol–water partition coefficient (Wildman–Crippen LogP) is 3.61. The first kappa shape index (κ1) is 19.7. The average Bonchev–Trinajstić information content (AvgIpc) is 2.55. The lowest BCUT2D eigenvalue weighted by Crippen LogP contribution is -2.31. The summed E-state index contributed by atoms with van der Waals surface area (Å²) in [6.07, 6.45) is 0.510. The first-order valence-corrected chi connectivity index (χ1v) is 8.47. The highest BCUT2D eigenvalue weighted by atomic mass is 35.5. The normalized spacial score (nSPS) is 11.6. The molecule has 2 rings (SSSR count). The summed E-state index contributed by atoms with van der Waals surface area (Å²) in [7, 11) is 0. The van der Waals surface area contributed by atoms with Crippen molar-refractivity contribution in [2.45, 2.75) is 33.8 Å². The van der Waals surface area contributed by atoms with Crippen molar-refractivity contribution in [1.29, 1.82) is 0 Å². The van der Waals surface area contributed by atoms with Crippen LogP contribution in [0.2, 0.25) is 5.15 Å². The molecule has 0 radical (unpaired) electrons. The Kier molecular flexibility index (Phi) is 6.58. The summed E-state index contributed by atoms with van der Waals surface area (Å²) in [4.78, 5) is 27.9. The van der Waals surface area contributed by atoms with Crippen molar-refractivity contribution >= 4 is 29.2 Å². The number of carbonyl (C=O) groups excluding carboxylic acids is 2. The summed E-state index contributed by atoms with van der Waals surface area (Å²) in [5, 5.41) is 2.72. The number of hydrogen-bond donors (Lipinski definition) is 1. The molecule has 6 nitrogen and oxygen atoms in total. The lowest BCUT2D eigenvalue weighted by atomic mass is 10.1. The van der Waals surface area contributed by atoms with Gasteiger partial charge in [-0.3, -0.25) is 4.79 Å². The van der Waals surface area contributed by atoms with Crippen molar-refractivity contribution in [3.05, 3.63) is 52.3 Å². The monoisotopic (exact) mass is 376 g/mol. The number of esters is 1. The Bertz CT molecular complexity index is 800. The minimum atomic E-state index is -0.998. The van der Waals surface area contributed by atoms with E-state index in [4.69, 9.17) is 21.1 Å². The highest BCUT2D eigenvalue weighted by Gasteiger charge is 2.19. The van der Waals surface area contributed by atoms with Gasteiger partial charge in [-0.15, -0.1) is 0 Å². The number of nitrogens with zero attached hydrogens (tertiary/aromatic N) is 1. The fourth-order valence-corrected chi connectivity index (χ4v) is 2.69. The molecule has 0 saturated heterocycles. The SMILES string of the molecule is Cc1cc(C)c(OCC(=O)O[C@H](C)C(=O)Nc2cccnc2Cl)c(C)c1. The molecule has 7 heteroatoms. The number of rotatable bonds is 6. The van der Waals surface area contributed by atoms with Gasteiger partial charge >= 0.3 is 5.97 Å². The van der Waals surface area contributed by atoms with Crippen LogP contribution in [0.3, 0.4) is 0 Å². The first-order valence-electron chi connectivity index (χ1n) is 8.09. The topological polar surface area (TPSA) is 77.5 Å². The number of ether oxygens (including phenoxy) is 2. The van der Waals surface area contributed by atoms with Crippen LogP contribution in [0.15, 0.2) is 30.5 Å². The van der Waals surface area contributed by atoms with Crippen LogP contribution in [0.5, 0.6) is 5.75 Å². The van der Waals surface area contributed by atoms with E-state index >= 15 is 0 Å². The van der Waals surface area contributed by atoms with Crippen molar-refractivity contribution in [3.63, 3.8) is 0 Å². The van der Waals surface area contributed by atoms with E-state index < -0.39 is 18.0 Å². The molecule has 0 spiro atoms. The molecule has 0 aliphatic heterocycles. The zero-order chi connectivity index (χ0) is 19.3. The zero-order valence-electron chi connectivity index (χ0n) is 15.1. The lowest BCUT2D eigenvalue weighted by molar-refractivity contribution is -0.155. The molecule has 1 N–H and O–H groups in total. The molecule has 2 aromatic rings. The van der Waals surface area contributed by atoms with E-state index in [0.717, 1.165) is 16.7 Å². The second kappa shape index (κ2) is 8.67. The van der Waals surface area contributed by atoms with Crippen molar-refractivity contribution in [3.8, 4) is 5.75 Å². The van der Waals surface area contributed by atoms with Crippen LogP contribution in [0.1, 0.15) is 23.6 Å². The molecule has 1 atom stereocenters. The second-order valence-electron chi connectivity index (χ2n) is 5.98. The predicted molar refractivity (Wildman–Crippen MR) is 99.6 cm³/mol. The quantitative estimate of drug-likeness (QED) is 0.615. The first-order chi connectivity index (χ1) is 12.3. The van der Waals surface area contributed by atoms with E-state index in [1.54, 1.807) is 12.1 Å². The molecule has 0 aliphatic carbocycles. The Morgan fingerprint density at radius 2 is 1.88 bits per heavy atom. The van der Waals surface area contributed by atoms with Crippen LogP contribution in [-0.2, 0) is 14.3 Å². The standard InChI is InChI=1S/C19H21ClN2O4/c1-11-8-12(2)17(13(3)9-11)25-10-16(23)26-14(4)19(24)22-15-6-5-7-21-18(15)20/h5-9,14H,10H2,1-4H3,(H,22,24)/t14-/m1/s1. The molecule has 1 heterocycles. The van der Waals surface area contributed by atoms with Gasteiger partial charge in [-0.05, 0) is 51.0 Å². The molecule has 138 valence electrons. The molecule has 1 aromatic heterocycles. The maximum absolute atomic E-state index is 12.1. The number of pyridine rings is 1. The van der Waals surface area contributed by atoms with Crippen LogP contribution in [-0.4, -0.2) is 29.6 Å². The smallest absolute Gasteiger partial charge is 0.344 e. The van der Waals surface area contributed by atoms with E-state index in [2.05, 4.69) is 10.3 Å². The number of halogens is 1. The number of aryl methyl sites for hydroxylation is 3. The number of benzene rings is 1. The molecular formula is C19H21ClN2O4. The zero-order valence-corrected chi connectivity index (χ0v) is 15.9. The Labute approximate surface area is 157 Å². The van der Waals surface area contributed by atoms with Crippen molar-refractivity contribution in [1.82, 2.24) is 4.98 Å². The Hall–Kier alpha value is -2.60. The van der Waals surface area contributed by atoms with Gasteiger partial charge in [0, 0.05) is 6.20 Å². The van der Waals surface area contributed by atoms with Gasteiger partial charge in [-0.2, -0.15) is 0 Å². The van der Waals surface area contributed by atoms with Crippen molar-refractivity contribution in [2.75, 3.05) is 11.9 Å². The van der Waals surface area contributed by atoms with Crippen LogP contribution in [0.25, 0.3) is 0 Å². The molecule has 26 heavy (non-hydrogen) atoms. The third kappa shape index (κ3) is 5.20. The van der Waals surface area contributed by atoms with Crippen LogP contribution in [0, 0.1) is 20.8 Å². The Morgan fingerprint density at radius 3 is 2.50 bits per heavy atom.